The lowest BCUT2D eigenvalue weighted by Gasteiger charge is -2.03. The van der Waals surface area contributed by atoms with E-state index < -0.39 is 0 Å². The van der Waals surface area contributed by atoms with Crippen molar-refractivity contribution in [2.75, 3.05) is 0 Å². The normalized spacial score (nSPS) is 10.9. The molecule has 0 spiro atoms. The van der Waals surface area contributed by atoms with E-state index in [0.29, 0.717) is 6.54 Å². The van der Waals surface area contributed by atoms with Crippen LogP contribution in [-0.2, 0) is 13.1 Å². The lowest BCUT2D eigenvalue weighted by atomic mass is 10.1. The van der Waals surface area contributed by atoms with Crippen molar-refractivity contribution in [3.05, 3.63) is 11.4 Å². The molecule has 86 valence electrons. The van der Waals surface area contributed by atoms with E-state index in [4.69, 9.17) is 5.73 Å². The van der Waals surface area contributed by atoms with Gasteiger partial charge in [-0.15, -0.1) is 5.10 Å². The number of nitrogens with two attached hydrogens (primary N) is 1. The molecule has 1 rings (SSSR count). The zero-order chi connectivity index (χ0) is 11.1. The molecule has 15 heavy (non-hydrogen) atoms. The Morgan fingerprint density at radius 1 is 1.20 bits per heavy atom. The SMILES string of the molecule is CCCCCCCn1nnc(CN)c1C. The fourth-order valence-corrected chi connectivity index (χ4v) is 1.66. The predicted molar refractivity (Wildman–Crippen MR) is 61.4 cm³/mol. The average molecular weight is 210 g/mol. The maximum atomic E-state index is 5.54. The van der Waals surface area contributed by atoms with Crippen molar-refractivity contribution >= 4 is 0 Å². The summed E-state index contributed by atoms with van der Waals surface area (Å²) in [7, 11) is 0. The molecular weight excluding hydrogens is 188 g/mol. The van der Waals surface area contributed by atoms with Crippen LogP contribution in [0.25, 0.3) is 0 Å². The van der Waals surface area contributed by atoms with Crippen molar-refractivity contribution in [3.63, 3.8) is 0 Å². The number of aromatic nitrogens is 3. The first-order valence-electron chi connectivity index (χ1n) is 5.88. The summed E-state index contributed by atoms with van der Waals surface area (Å²) in [6, 6.07) is 0. The fourth-order valence-electron chi connectivity index (χ4n) is 1.66. The van der Waals surface area contributed by atoms with E-state index in [1.165, 1.54) is 32.1 Å². The first-order chi connectivity index (χ1) is 7.29. The summed E-state index contributed by atoms with van der Waals surface area (Å²) in [5, 5.41) is 8.13. The molecule has 2 N–H and O–H groups in total. The van der Waals surface area contributed by atoms with Crippen LogP contribution in [0.15, 0.2) is 0 Å². The van der Waals surface area contributed by atoms with Gasteiger partial charge in [-0.3, -0.25) is 0 Å². The van der Waals surface area contributed by atoms with Crippen LogP contribution in [-0.4, -0.2) is 15.0 Å². The molecule has 4 nitrogen and oxygen atoms in total. The molecule has 0 aliphatic carbocycles. The Morgan fingerprint density at radius 2 is 1.93 bits per heavy atom. The average Bonchev–Trinajstić information content (AvgIpc) is 2.60. The topological polar surface area (TPSA) is 56.7 Å². The van der Waals surface area contributed by atoms with Crippen molar-refractivity contribution < 1.29 is 0 Å². The summed E-state index contributed by atoms with van der Waals surface area (Å²) < 4.78 is 1.97. The predicted octanol–water partition coefficient (Wildman–Crippen LogP) is 2.02. The first kappa shape index (κ1) is 12.2. The fraction of sp³-hybridized carbons (Fsp3) is 0.818. The van der Waals surface area contributed by atoms with Crippen LogP contribution >= 0.6 is 0 Å². The monoisotopic (exact) mass is 210 g/mol. The third-order valence-corrected chi connectivity index (χ3v) is 2.75. The Hall–Kier alpha value is -0.900. The highest BCUT2D eigenvalue weighted by molar-refractivity contribution is 5.06. The molecule has 1 aromatic rings. The van der Waals surface area contributed by atoms with Gasteiger partial charge in [0, 0.05) is 13.1 Å². The second kappa shape index (κ2) is 6.56. The maximum absolute atomic E-state index is 5.54. The van der Waals surface area contributed by atoms with E-state index in [1.807, 2.05) is 11.6 Å². The van der Waals surface area contributed by atoms with E-state index in [-0.39, 0.29) is 0 Å². The molecule has 0 fully saturated rings. The van der Waals surface area contributed by atoms with Gasteiger partial charge in [0.25, 0.3) is 0 Å². The van der Waals surface area contributed by atoms with Crippen LogP contribution in [0.5, 0.6) is 0 Å². The summed E-state index contributed by atoms with van der Waals surface area (Å²) in [6.45, 7) is 5.73. The minimum atomic E-state index is 0.488. The second-order valence-corrected chi connectivity index (χ2v) is 3.96. The van der Waals surface area contributed by atoms with Gasteiger partial charge < -0.3 is 5.73 Å². The molecule has 4 heteroatoms. The number of rotatable bonds is 7. The standard InChI is InChI=1S/C11H22N4/c1-3-4-5-6-7-8-15-10(2)11(9-12)13-14-15/h3-9,12H2,1-2H3. The summed E-state index contributed by atoms with van der Waals surface area (Å²) in [6.07, 6.45) is 6.43. The third kappa shape index (κ3) is 3.63. The van der Waals surface area contributed by atoms with E-state index in [1.54, 1.807) is 0 Å². The van der Waals surface area contributed by atoms with Crippen LogP contribution < -0.4 is 5.73 Å². The summed E-state index contributed by atoms with van der Waals surface area (Å²) in [4.78, 5) is 0. The third-order valence-electron chi connectivity index (χ3n) is 2.75. The minimum absolute atomic E-state index is 0.488. The van der Waals surface area contributed by atoms with Gasteiger partial charge in [-0.2, -0.15) is 0 Å². The molecule has 0 atom stereocenters. The minimum Gasteiger partial charge on any atom is -0.325 e. The molecular formula is C11H22N4. The molecule has 0 unspecified atom stereocenters. The maximum Gasteiger partial charge on any atom is 0.0991 e. The van der Waals surface area contributed by atoms with Crippen molar-refractivity contribution in [1.29, 1.82) is 0 Å². The molecule has 0 saturated carbocycles. The number of aryl methyl sites for hydroxylation is 1. The molecule has 0 aliphatic rings. The van der Waals surface area contributed by atoms with Crippen LogP contribution in [0.4, 0.5) is 0 Å². The molecule has 1 heterocycles. The molecule has 0 radical (unpaired) electrons. The van der Waals surface area contributed by atoms with E-state index >= 15 is 0 Å². The molecule has 1 aromatic heterocycles. The molecule has 0 amide bonds. The Morgan fingerprint density at radius 3 is 2.53 bits per heavy atom. The van der Waals surface area contributed by atoms with E-state index in [2.05, 4.69) is 17.2 Å². The summed E-state index contributed by atoms with van der Waals surface area (Å²) >= 11 is 0. The molecule has 0 bridgehead atoms. The number of nitrogens with zero attached hydrogens (tertiary/aromatic N) is 3. The molecule has 0 aromatic carbocycles. The second-order valence-electron chi connectivity index (χ2n) is 3.96. The van der Waals surface area contributed by atoms with E-state index in [0.717, 1.165) is 17.9 Å². The van der Waals surface area contributed by atoms with Gasteiger partial charge in [0.2, 0.25) is 0 Å². The molecule has 0 aliphatic heterocycles. The summed E-state index contributed by atoms with van der Waals surface area (Å²) in [5.74, 6) is 0. The lowest BCUT2D eigenvalue weighted by molar-refractivity contribution is 0.513. The van der Waals surface area contributed by atoms with Crippen LogP contribution in [0.2, 0.25) is 0 Å². The quantitative estimate of drug-likeness (QED) is 0.700. The van der Waals surface area contributed by atoms with Crippen molar-refractivity contribution in [3.8, 4) is 0 Å². The number of hydrogen-bond acceptors (Lipinski definition) is 3. The largest absolute Gasteiger partial charge is 0.325 e. The van der Waals surface area contributed by atoms with Gasteiger partial charge in [-0.25, -0.2) is 4.68 Å². The Labute approximate surface area is 91.9 Å². The van der Waals surface area contributed by atoms with E-state index in [9.17, 15) is 0 Å². The van der Waals surface area contributed by atoms with Gasteiger partial charge in [0.15, 0.2) is 0 Å². The zero-order valence-electron chi connectivity index (χ0n) is 9.87. The van der Waals surface area contributed by atoms with Crippen LogP contribution in [0.3, 0.4) is 0 Å². The Kier molecular flexibility index (Phi) is 5.32. The van der Waals surface area contributed by atoms with Gasteiger partial charge in [-0.1, -0.05) is 37.8 Å². The van der Waals surface area contributed by atoms with Gasteiger partial charge in [0.05, 0.1) is 11.4 Å². The van der Waals surface area contributed by atoms with Gasteiger partial charge in [-0.05, 0) is 13.3 Å². The highest BCUT2D eigenvalue weighted by Gasteiger charge is 2.05. The van der Waals surface area contributed by atoms with Crippen molar-refractivity contribution in [2.45, 2.75) is 59.0 Å². The Bertz CT molecular complexity index is 280. The van der Waals surface area contributed by atoms with Crippen molar-refractivity contribution in [1.82, 2.24) is 15.0 Å². The van der Waals surface area contributed by atoms with Gasteiger partial charge in [0.1, 0.15) is 0 Å². The smallest absolute Gasteiger partial charge is 0.0991 e. The number of hydrogen-bond donors (Lipinski definition) is 1. The summed E-state index contributed by atoms with van der Waals surface area (Å²) in [5.41, 5.74) is 7.58. The van der Waals surface area contributed by atoms with Gasteiger partial charge >= 0.3 is 0 Å². The van der Waals surface area contributed by atoms with Crippen LogP contribution in [0.1, 0.15) is 50.4 Å². The zero-order valence-corrected chi connectivity index (χ0v) is 9.87. The Balaban J connectivity index is 2.28. The van der Waals surface area contributed by atoms with Crippen LogP contribution in [0, 0.1) is 6.92 Å². The van der Waals surface area contributed by atoms with Crippen molar-refractivity contribution in [2.24, 2.45) is 5.73 Å². The number of unbranched alkanes of at least 4 members (excludes halogenated alkanes) is 4. The lowest BCUT2D eigenvalue weighted by Crippen LogP contribution is -2.04. The molecule has 0 saturated heterocycles. The highest BCUT2D eigenvalue weighted by Crippen LogP contribution is 2.07. The first-order valence-corrected chi connectivity index (χ1v) is 5.88. The highest BCUT2D eigenvalue weighted by atomic mass is 15.4.